The minimum absolute atomic E-state index is 0.0110. The van der Waals surface area contributed by atoms with Crippen molar-refractivity contribution in [2.75, 3.05) is 0 Å². The number of pyridine rings is 1. The molecule has 3 aromatic heterocycles. The number of amides is 1. The molecule has 5 nitrogen and oxygen atoms in total. The van der Waals surface area contributed by atoms with Crippen LogP contribution in [0.2, 0.25) is 0 Å². The zero-order valence-electron chi connectivity index (χ0n) is 14.1. The summed E-state index contributed by atoms with van der Waals surface area (Å²) >= 11 is 1.65. The number of aliphatic hydroxyl groups is 1. The van der Waals surface area contributed by atoms with Crippen LogP contribution < -0.4 is 5.32 Å². The van der Waals surface area contributed by atoms with Crippen LogP contribution in [0.4, 0.5) is 0 Å². The molecule has 0 spiro atoms. The topological polar surface area (TPSA) is 66.6 Å². The molecule has 0 aliphatic heterocycles. The van der Waals surface area contributed by atoms with Crippen LogP contribution in [-0.2, 0) is 11.2 Å². The second-order valence-corrected chi connectivity index (χ2v) is 7.74. The van der Waals surface area contributed by atoms with E-state index in [-0.39, 0.29) is 18.1 Å². The van der Waals surface area contributed by atoms with Gasteiger partial charge in [0.15, 0.2) is 0 Å². The maximum absolute atomic E-state index is 12.7. The fourth-order valence-electron chi connectivity index (χ4n) is 3.51. The van der Waals surface area contributed by atoms with Gasteiger partial charge in [-0.1, -0.05) is 12.1 Å². The van der Waals surface area contributed by atoms with E-state index < -0.39 is 0 Å². The number of nitrogens with zero attached hydrogens (tertiary/aromatic N) is 2. The van der Waals surface area contributed by atoms with Gasteiger partial charge < -0.3 is 14.8 Å². The van der Waals surface area contributed by atoms with Crippen molar-refractivity contribution in [2.24, 2.45) is 5.92 Å². The van der Waals surface area contributed by atoms with Gasteiger partial charge in [-0.05, 0) is 48.8 Å². The number of rotatable bonds is 5. The number of hydrogen-bond donors (Lipinski definition) is 2. The zero-order chi connectivity index (χ0) is 17.4. The van der Waals surface area contributed by atoms with E-state index in [0.29, 0.717) is 12.3 Å². The average Bonchev–Trinajstić information content (AvgIpc) is 3.21. The summed E-state index contributed by atoms with van der Waals surface area (Å²) in [4.78, 5) is 18.2. The van der Waals surface area contributed by atoms with Crippen LogP contribution in [0.15, 0.2) is 42.0 Å². The highest BCUT2D eigenvalue weighted by Gasteiger charge is 2.36. The van der Waals surface area contributed by atoms with E-state index in [1.807, 2.05) is 41.1 Å². The Morgan fingerprint density at radius 2 is 2.28 bits per heavy atom. The molecule has 0 aromatic carbocycles. The van der Waals surface area contributed by atoms with E-state index in [1.54, 1.807) is 17.5 Å². The summed E-state index contributed by atoms with van der Waals surface area (Å²) in [5, 5.41) is 14.8. The standard InChI is InChI=1S/C19H21N3O2S/c1-12-4-2-6-22-14(11-20-19(12)22)10-17(24)21-18(13-8-15(23)9-13)16-5-3-7-25-16/h2-7,11,13,15,18,23H,8-10H2,1H3,(H,21,24). The third kappa shape index (κ3) is 3.19. The third-order valence-electron chi connectivity index (χ3n) is 4.94. The Bertz CT molecular complexity index is 881. The number of thiophene rings is 1. The van der Waals surface area contributed by atoms with Gasteiger partial charge in [-0.3, -0.25) is 4.79 Å². The van der Waals surface area contributed by atoms with Gasteiger partial charge in [-0.2, -0.15) is 0 Å². The monoisotopic (exact) mass is 355 g/mol. The van der Waals surface area contributed by atoms with Crippen molar-refractivity contribution in [1.29, 1.82) is 0 Å². The number of fused-ring (bicyclic) bond motifs is 1. The fourth-order valence-corrected chi connectivity index (χ4v) is 4.38. The van der Waals surface area contributed by atoms with E-state index in [4.69, 9.17) is 0 Å². The third-order valence-corrected chi connectivity index (χ3v) is 5.89. The van der Waals surface area contributed by atoms with Crippen molar-refractivity contribution in [3.8, 4) is 0 Å². The number of aromatic nitrogens is 2. The van der Waals surface area contributed by atoms with Gasteiger partial charge in [-0.15, -0.1) is 11.3 Å². The molecule has 0 radical (unpaired) electrons. The van der Waals surface area contributed by atoms with Crippen LogP contribution in [0.1, 0.15) is 35.0 Å². The molecule has 0 bridgehead atoms. The SMILES string of the molecule is Cc1cccn2c(CC(=O)NC(c3cccs3)C3CC(O)C3)cnc12. The van der Waals surface area contributed by atoms with Crippen molar-refractivity contribution >= 4 is 22.9 Å². The number of imidazole rings is 1. The van der Waals surface area contributed by atoms with Crippen LogP contribution in [0.5, 0.6) is 0 Å². The Morgan fingerprint density at radius 3 is 3.00 bits per heavy atom. The van der Waals surface area contributed by atoms with Gasteiger partial charge in [0, 0.05) is 17.3 Å². The summed E-state index contributed by atoms with van der Waals surface area (Å²) in [6.07, 6.45) is 5.27. The Labute approximate surface area is 150 Å². The summed E-state index contributed by atoms with van der Waals surface area (Å²) in [7, 11) is 0. The number of nitrogens with one attached hydrogen (secondary N) is 1. The minimum Gasteiger partial charge on any atom is -0.393 e. The summed E-state index contributed by atoms with van der Waals surface area (Å²) in [5.74, 6) is 0.296. The van der Waals surface area contributed by atoms with Crippen LogP contribution in [0, 0.1) is 12.8 Å². The van der Waals surface area contributed by atoms with Crippen LogP contribution in [0.3, 0.4) is 0 Å². The molecule has 6 heteroatoms. The smallest absolute Gasteiger partial charge is 0.226 e. The highest BCUT2D eigenvalue weighted by molar-refractivity contribution is 7.10. The molecule has 2 N–H and O–H groups in total. The van der Waals surface area contributed by atoms with E-state index in [0.717, 1.165) is 34.6 Å². The first-order valence-electron chi connectivity index (χ1n) is 8.54. The molecule has 1 saturated carbocycles. The normalized spacial score (nSPS) is 21.0. The van der Waals surface area contributed by atoms with E-state index >= 15 is 0 Å². The molecule has 1 fully saturated rings. The molecule has 25 heavy (non-hydrogen) atoms. The quantitative estimate of drug-likeness (QED) is 0.739. The van der Waals surface area contributed by atoms with Gasteiger partial charge in [0.05, 0.1) is 24.3 Å². The van der Waals surface area contributed by atoms with Crippen LogP contribution in [-0.4, -0.2) is 26.5 Å². The molecular formula is C19H21N3O2S. The van der Waals surface area contributed by atoms with Crippen molar-refractivity contribution in [2.45, 2.75) is 38.3 Å². The van der Waals surface area contributed by atoms with Gasteiger partial charge in [0.1, 0.15) is 5.65 Å². The molecule has 1 atom stereocenters. The van der Waals surface area contributed by atoms with E-state index in [9.17, 15) is 9.90 Å². The summed E-state index contributed by atoms with van der Waals surface area (Å²) in [6.45, 7) is 2.01. The first-order valence-corrected chi connectivity index (χ1v) is 9.42. The maximum Gasteiger partial charge on any atom is 0.226 e. The van der Waals surface area contributed by atoms with Crippen LogP contribution >= 0.6 is 11.3 Å². The van der Waals surface area contributed by atoms with Crippen molar-refractivity contribution in [3.05, 3.63) is 58.2 Å². The Balaban J connectivity index is 1.50. The highest BCUT2D eigenvalue weighted by Crippen LogP contribution is 2.39. The number of aliphatic hydroxyl groups excluding tert-OH is 1. The molecule has 1 unspecified atom stereocenters. The molecule has 1 amide bonds. The lowest BCUT2D eigenvalue weighted by atomic mass is 9.76. The molecular weight excluding hydrogens is 334 g/mol. The largest absolute Gasteiger partial charge is 0.393 e. The molecule has 4 rings (SSSR count). The number of hydrogen-bond acceptors (Lipinski definition) is 4. The number of aryl methyl sites for hydroxylation is 1. The Hall–Kier alpha value is -2.18. The lowest BCUT2D eigenvalue weighted by Crippen LogP contribution is -2.41. The number of carbonyl (C=O) groups excluding carboxylic acids is 1. The Kier molecular flexibility index (Phi) is 4.31. The molecule has 1 aliphatic rings. The molecule has 130 valence electrons. The second-order valence-electron chi connectivity index (χ2n) is 6.76. The van der Waals surface area contributed by atoms with Gasteiger partial charge in [-0.25, -0.2) is 4.98 Å². The van der Waals surface area contributed by atoms with E-state index in [1.165, 1.54) is 0 Å². The minimum atomic E-state index is -0.230. The van der Waals surface area contributed by atoms with E-state index in [2.05, 4.69) is 16.4 Å². The Morgan fingerprint density at radius 1 is 1.44 bits per heavy atom. The van der Waals surface area contributed by atoms with Crippen molar-refractivity contribution in [1.82, 2.24) is 14.7 Å². The average molecular weight is 355 g/mol. The van der Waals surface area contributed by atoms with Gasteiger partial charge >= 0.3 is 0 Å². The predicted molar refractivity (Wildman–Crippen MR) is 97.6 cm³/mol. The summed E-state index contributed by atoms with van der Waals surface area (Å²) in [6, 6.07) is 8.02. The second kappa shape index (κ2) is 6.61. The van der Waals surface area contributed by atoms with Crippen molar-refractivity contribution in [3.63, 3.8) is 0 Å². The van der Waals surface area contributed by atoms with Crippen LogP contribution in [0.25, 0.3) is 5.65 Å². The molecule has 1 aliphatic carbocycles. The zero-order valence-corrected chi connectivity index (χ0v) is 14.9. The first-order chi connectivity index (χ1) is 12.1. The molecule has 3 aromatic rings. The fraction of sp³-hybridized carbons (Fsp3) is 0.368. The first kappa shape index (κ1) is 16.3. The maximum atomic E-state index is 12.7. The summed E-state index contributed by atoms with van der Waals surface area (Å²) in [5.41, 5.74) is 2.87. The summed E-state index contributed by atoms with van der Waals surface area (Å²) < 4.78 is 1.97. The lowest BCUT2D eigenvalue weighted by Gasteiger charge is -2.37. The van der Waals surface area contributed by atoms with Crippen molar-refractivity contribution < 1.29 is 9.90 Å². The van der Waals surface area contributed by atoms with Gasteiger partial charge in [0.2, 0.25) is 5.91 Å². The molecule has 0 saturated heterocycles. The highest BCUT2D eigenvalue weighted by atomic mass is 32.1. The lowest BCUT2D eigenvalue weighted by molar-refractivity contribution is -0.122. The van der Waals surface area contributed by atoms with Gasteiger partial charge in [0.25, 0.3) is 0 Å². The predicted octanol–water partition coefficient (Wildman–Crippen LogP) is 2.88. The molecule has 3 heterocycles. The number of carbonyl (C=O) groups is 1.